The topological polar surface area (TPSA) is 198 Å². The number of nitrogens with two attached hydrogens (primary N) is 1. The average molecular weight is 722 g/mol. The Hall–Kier alpha value is -3.29. The van der Waals surface area contributed by atoms with E-state index in [1.165, 1.54) is 6.92 Å². The van der Waals surface area contributed by atoms with E-state index in [1.807, 2.05) is 0 Å². The molecule has 0 aromatic rings. The number of rotatable bonds is 18. The van der Waals surface area contributed by atoms with Crippen LogP contribution >= 0.6 is 0 Å². The number of allylic oxidation sites excluding steroid dienone is 1. The third-order valence-corrected chi connectivity index (χ3v) is 10.6. The first-order valence-electron chi connectivity index (χ1n) is 18.5. The van der Waals surface area contributed by atoms with Gasteiger partial charge in [0, 0.05) is 31.8 Å². The molecule has 1 saturated carbocycles. The lowest BCUT2D eigenvalue weighted by molar-refractivity contribution is -0.212. The number of hydrogen-bond donors (Lipinski definition) is 3. The first-order valence-corrected chi connectivity index (χ1v) is 18.5. The van der Waals surface area contributed by atoms with Crippen molar-refractivity contribution in [1.82, 2.24) is 0 Å². The van der Waals surface area contributed by atoms with Crippen molar-refractivity contribution in [1.29, 1.82) is 0 Å². The largest absolute Gasteiger partial charge is 0.459 e. The normalized spacial score (nSPS) is 31.7. The molecule has 288 valence electrons. The molecule has 0 spiro atoms. The minimum Gasteiger partial charge on any atom is -0.459 e. The Morgan fingerprint density at radius 1 is 0.902 bits per heavy atom. The van der Waals surface area contributed by atoms with Gasteiger partial charge in [0.1, 0.15) is 11.7 Å². The molecule has 0 bridgehead atoms. The van der Waals surface area contributed by atoms with Gasteiger partial charge in [0.25, 0.3) is 0 Å². The summed E-state index contributed by atoms with van der Waals surface area (Å²) in [5.74, 6) is -5.02. The van der Waals surface area contributed by atoms with E-state index in [0.717, 1.165) is 58.3 Å². The molecule has 0 aromatic heterocycles. The monoisotopic (exact) mass is 721 g/mol. The van der Waals surface area contributed by atoms with E-state index in [1.54, 1.807) is 33.8 Å². The molecule has 1 heterocycles. The van der Waals surface area contributed by atoms with Crippen molar-refractivity contribution in [3.8, 4) is 0 Å². The van der Waals surface area contributed by atoms with Crippen LogP contribution in [0.2, 0.25) is 0 Å². The summed E-state index contributed by atoms with van der Waals surface area (Å²) < 4.78 is 29.7. The zero-order valence-corrected chi connectivity index (χ0v) is 31.4. The summed E-state index contributed by atoms with van der Waals surface area (Å²) in [5.41, 5.74) is -0.610. The first-order chi connectivity index (χ1) is 24.0. The van der Waals surface area contributed by atoms with Gasteiger partial charge in [-0.15, -0.1) is 0 Å². The van der Waals surface area contributed by atoms with Gasteiger partial charge >= 0.3 is 29.8 Å². The maximum atomic E-state index is 13.4. The van der Waals surface area contributed by atoms with Crippen LogP contribution in [-0.4, -0.2) is 87.8 Å². The second kappa shape index (κ2) is 18.0. The van der Waals surface area contributed by atoms with Crippen molar-refractivity contribution >= 4 is 29.8 Å². The summed E-state index contributed by atoms with van der Waals surface area (Å²) in [7, 11) is 0. The third-order valence-electron chi connectivity index (χ3n) is 10.6. The zero-order chi connectivity index (χ0) is 38.1. The van der Waals surface area contributed by atoms with Crippen LogP contribution in [-0.2, 0) is 47.7 Å². The van der Waals surface area contributed by atoms with E-state index >= 15 is 0 Å². The smallest absolute Gasteiger partial charge is 0.341 e. The SMILES string of the molecule is C/C=C(/C)C(=O)O[C@H]1C(C)=C2[C@H]([C@@H]1OC(=O)CCCCCCC)[C@@](C)(OC(C)=O)C[C@H](OC(=O)CCCCCCCN)[C@@]1(O)[C@H]2OC(=O)[C@@]1(C)O. The molecule has 0 aromatic carbocycles. The molecule has 0 amide bonds. The third kappa shape index (κ3) is 9.21. The second-order valence-corrected chi connectivity index (χ2v) is 14.6. The van der Waals surface area contributed by atoms with Gasteiger partial charge in [0.05, 0.1) is 5.92 Å². The number of ether oxygens (including phenoxy) is 5. The molecular weight excluding hydrogens is 662 g/mol. The number of carbonyl (C=O) groups is 5. The molecule has 3 rings (SSSR count). The number of aliphatic hydroxyl groups is 2. The molecular formula is C38H59NO12. The second-order valence-electron chi connectivity index (χ2n) is 14.6. The first kappa shape index (κ1) is 42.1. The van der Waals surface area contributed by atoms with Gasteiger partial charge in [-0.3, -0.25) is 14.4 Å². The number of fused-ring (bicyclic) bond motifs is 3. The molecule has 13 heteroatoms. The van der Waals surface area contributed by atoms with Crippen molar-refractivity contribution in [2.75, 3.05) is 6.54 Å². The van der Waals surface area contributed by atoms with E-state index in [-0.39, 0.29) is 29.6 Å². The highest BCUT2D eigenvalue weighted by Gasteiger charge is 2.76. The van der Waals surface area contributed by atoms with Gasteiger partial charge in [0.15, 0.2) is 29.5 Å². The maximum Gasteiger partial charge on any atom is 0.341 e. The molecule has 8 atom stereocenters. The van der Waals surface area contributed by atoms with Crippen LogP contribution in [0.15, 0.2) is 22.8 Å². The predicted octanol–water partition coefficient (Wildman–Crippen LogP) is 4.43. The molecule has 1 aliphatic heterocycles. The maximum absolute atomic E-state index is 13.4. The quantitative estimate of drug-likeness (QED) is 0.0591. The number of esters is 5. The van der Waals surface area contributed by atoms with E-state index < -0.39 is 83.4 Å². The van der Waals surface area contributed by atoms with Gasteiger partial charge in [-0.2, -0.15) is 0 Å². The fourth-order valence-electron chi connectivity index (χ4n) is 7.64. The Kier molecular flexibility index (Phi) is 14.8. The summed E-state index contributed by atoms with van der Waals surface area (Å²) in [5, 5.41) is 24.2. The minimum absolute atomic E-state index is 0.00688. The lowest BCUT2D eigenvalue weighted by atomic mass is 9.75. The molecule has 0 unspecified atom stereocenters. The summed E-state index contributed by atoms with van der Waals surface area (Å²) in [6.45, 7) is 11.3. The highest BCUT2D eigenvalue weighted by Crippen LogP contribution is 2.57. The van der Waals surface area contributed by atoms with Crippen LogP contribution < -0.4 is 5.73 Å². The van der Waals surface area contributed by atoms with Gasteiger partial charge in [-0.25, -0.2) is 9.59 Å². The summed E-state index contributed by atoms with van der Waals surface area (Å²) in [6, 6.07) is 0. The molecule has 4 N–H and O–H groups in total. The lowest BCUT2D eigenvalue weighted by Gasteiger charge is -2.41. The van der Waals surface area contributed by atoms with Crippen molar-refractivity contribution in [2.24, 2.45) is 11.7 Å². The number of unbranched alkanes of at least 4 members (excludes halogenated alkanes) is 8. The Morgan fingerprint density at radius 3 is 2.04 bits per heavy atom. The van der Waals surface area contributed by atoms with Crippen molar-refractivity contribution in [3.05, 3.63) is 22.8 Å². The fraction of sp³-hybridized carbons (Fsp3) is 0.763. The summed E-state index contributed by atoms with van der Waals surface area (Å²) in [4.78, 5) is 66.0. The molecule has 51 heavy (non-hydrogen) atoms. The molecule has 2 fully saturated rings. The van der Waals surface area contributed by atoms with Crippen molar-refractivity contribution in [3.63, 3.8) is 0 Å². The lowest BCUT2D eigenvalue weighted by Crippen LogP contribution is -2.64. The molecule has 3 aliphatic rings. The predicted molar refractivity (Wildman–Crippen MR) is 186 cm³/mol. The Morgan fingerprint density at radius 2 is 1.47 bits per heavy atom. The van der Waals surface area contributed by atoms with Gasteiger partial charge in [-0.05, 0) is 71.6 Å². The van der Waals surface area contributed by atoms with Crippen LogP contribution in [0.1, 0.15) is 132 Å². The highest BCUT2D eigenvalue weighted by molar-refractivity contribution is 5.88. The molecule has 0 radical (unpaired) electrons. The minimum atomic E-state index is -2.59. The van der Waals surface area contributed by atoms with E-state index in [0.29, 0.717) is 19.4 Å². The summed E-state index contributed by atoms with van der Waals surface area (Å²) in [6.07, 6.45) is 3.69. The zero-order valence-electron chi connectivity index (χ0n) is 31.4. The highest BCUT2D eigenvalue weighted by atomic mass is 16.6. The van der Waals surface area contributed by atoms with Crippen LogP contribution in [0.4, 0.5) is 0 Å². The van der Waals surface area contributed by atoms with E-state index in [2.05, 4.69) is 6.92 Å². The van der Waals surface area contributed by atoms with Crippen LogP contribution in [0.3, 0.4) is 0 Å². The van der Waals surface area contributed by atoms with Crippen molar-refractivity contribution < 1.29 is 57.9 Å². The van der Waals surface area contributed by atoms with Crippen LogP contribution in [0, 0.1) is 5.92 Å². The standard InChI is InChI=1S/C38H59NO12/c1-8-10-11-13-16-20-28(42)48-32-30-29(24(4)31(32)49-34(43)23(3)9-2)33-38(46,37(7,45)35(44)50-33)26(22-36(30,6)51-25(5)40)47-27(41)19-17-14-12-15-18-21-39/h9,26,30-33,45-46H,8,10-22,39H2,1-7H3/b23-9-/t26-,30+,31-,32-,33-,36-,37+,38+/m0/s1. The average Bonchev–Trinajstić information content (AvgIpc) is 3.39. The fourth-order valence-corrected chi connectivity index (χ4v) is 7.64. The van der Waals surface area contributed by atoms with E-state index in [4.69, 9.17) is 29.4 Å². The van der Waals surface area contributed by atoms with Gasteiger partial charge in [0.2, 0.25) is 0 Å². The summed E-state index contributed by atoms with van der Waals surface area (Å²) >= 11 is 0. The van der Waals surface area contributed by atoms with E-state index in [9.17, 15) is 34.2 Å². The molecule has 1 saturated heterocycles. The molecule has 2 aliphatic carbocycles. The number of carbonyl (C=O) groups excluding carboxylic acids is 5. The Bertz CT molecular complexity index is 1350. The van der Waals surface area contributed by atoms with Gasteiger partial charge in [-0.1, -0.05) is 57.9 Å². The Balaban J connectivity index is 2.13. The molecule has 13 nitrogen and oxygen atoms in total. The van der Waals surface area contributed by atoms with Gasteiger partial charge < -0.3 is 39.6 Å². The van der Waals surface area contributed by atoms with Crippen LogP contribution in [0.5, 0.6) is 0 Å². The van der Waals surface area contributed by atoms with Crippen molar-refractivity contribution in [2.45, 2.75) is 173 Å². The Labute approximate surface area is 301 Å². The number of hydrogen-bond acceptors (Lipinski definition) is 13. The van der Waals surface area contributed by atoms with Crippen LogP contribution in [0.25, 0.3) is 0 Å².